The Morgan fingerprint density at radius 1 is 1.04 bits per heavy atom. The van der Waals surface area contributed by atoms with E-state index >= 15 is 0 Å². The van der Waals surface area contributed by atoms with E-state index in [1.165, 1.54) is 6.07 Å². The average molecular weight is 383 g/mol. The number of rotatable bonds is 5. The summed E-state index contributed by atoms with van der Waals surface area (Å²) in [6, 6.07) is 16.3. The first-order valence-electron chi connectivity index (χ1n) is 8.01. The molecule has 136 valence electrons. The summed E-state index contributed by atoms with van der Waals surface area (Å²) in [7, 11) is 0. The second kappa shape index (κ2) is 8.29. The van der Waals surface area contributed by atoms with Gasteiger partial charge in [-0.1, -0.05) is 23.7 Å². The Morgan fingerprint density at radius 3 is 2.52 bits per heavy atom. The van der Waals surface area contributed by atoms with Gasteiger partial charge in [-0.15, -0.1) is 0 Å². The molecule has 8 heteroatoms. The van der Waals surface area contributed by atoms with Crippen LogP contribution in [0.1, 0.15) is 10.4 Å². The third-order valence-electron chi connectivity index (χ3n) is 3.64. The molecule has 0 bridgehead atoms. The van der Waals surface area contributed by atoms with Crippen molar-refractivity contribution in [2.45, 2.75) is 0 Å². The molecule has 0 saturated heterocycles. The average Bonchev–Trinajstić information content (AvgIpc) is 2.67. The van der Waals surface area contributed by atoms with Gasteiger partial charge in [-0.05, 0) is 42.5 Å². The number of aromatic nitrogens is 2. The predicted octanol–water partition coefficient (Wildman–Crippen LogP) is 2.46. The Labute approximate surface area is 159 Å². The van der Waals surface area contributed by atoms with Gasteiger partial charge in [0.05, 0.1) is 12.2 Å². The van der Waals surface area contributed by atoms with Gasteiger partial charge >= 0.3 is 0 Å². The van der Waals surface area contributed by atoms with Gasteiger partial charge in [-0.25, -0.2) is 5.10 Å². The number of anilines is 1. The van der Waals surface area contributed by atoms with Crippen molar-refractivity contribution < 1.29 is 9.59 Å². The number of nitrogens with zero attached hydrogens (tertiary/aromatic N) is 1. The fourth-order valence-electron chi connectivity index (χ4n) is 2.33. The maximum absolute atomic E-state index is 12.1. The maximum Gasteiger partial charge on any atom is 0.264 e. The van der Waals surface area contributed by atoms with Crippen LogP contribution in [0.2, 0.25) is 5.02 Å². The van der Waals surface area contributed by atoms with Crippen molar-refractivity contribution in [2.24, 2.45) is 0 Å². The molecule has 0 saturated carbocycles. The van der Waals surface area contributed by atoms with Crippen molar-refractivity contribution in [3.8, 4) is 11.3 Å². The molecule has 0 atom stereocenters. The van der Waals surface area contributed by atoms with Crippen LogP contribution in [0, 0.1) is 0 Å². The van der Waals surface area contributed by atoms with E-state index in [4.69, 9.17) is 11.6 Å². The van der Waals surface area contributed by atoms with Gasteiger partial charge in [0.15, 0.2) is 0 Å². The highest BCUT2D eigenvalue weighted by Crippen LogP contribution is 2.19. The third kappa shape index (κ3) is 5.02. The summed E-state index contributed by atoms with van der Waals surface area (Å²) in [5.74, 6) is -0.739. The number of nitrogens with one attached hydrogen (secondary N) is 3. The molecule has 0 unspecified atom stereocenters. The van der Waals surface area contributed by atoms with Crippen LogP contribution in [0.4, 0.5) is 5.69 Å². The minimum absolute atomic E-state index is 0.178. The number of carbonyl (C=O) groups is 2. The van der Waals surface area contributed by atoms with Crippen LogP contribution >= 0.6 is 11.6 Å². The molecule has 0 aliphatic heterocycles. The van der Waals surface area contributed by atoms with Gasteiger partial charge in [-0.2, -0.15) is 5.10 Å². The van der Waals surface area contributed by atoms with E-state index in [2.05, 4.69) is 20.8 Å². The van der Waals surface area contributed by atoms with E-state index in [0.29, 0.717) is 22.0 Å². The largest absolute Gasteiger partial charge is 0.343 e. The molecule has 3 aromatic rings. The highest BCUT2D eigenvalue weighted by Gasteiger charge is 2.09. The van der Waals surface area contributed by atoms with Crippen LogP contribution in [-0.2, 0) is 4.79 Å². The zero-order valence-corrected chi connectivity index (χ0v) is 14.8. The van der Waals surface area contributed by atoms with Crippen molar-refractivity contribution in [2.75, 3.05) is 11.9 Å². The Hall–Kier alpha value is -3.45. The predicted molar refractivity (Wildman–Crippen MR) is 103 cm³/mol. The topological polar surface area (TPSA) is 104 Å². The standard InChI is InChI=1S/C19H15ClN4O3/c20-14-6-4-12(5-7-14)19(27)21-11-18(26)22-15-3-1-2-13(10-15)16-8-9-17(25)24-23-16/h1-10H,11H2,(H,21,27)(H,22,26)(H,24,25). The molecule has 7 nitrogen and oxygen atoms in total. The molecule has 0 spiro atoms. The van der Waals surface area contributed by atoms with Crippen LogP contribution in [0.25, 0.3) is 11.3 Å². The van der Waals surface area contributed by atoms with E-state index in [1.807, 2.05) is 0 Å². The SMILES string of the molecule is O=C(CNC(=O)c1ccc(Cl)cc1)Nc1cccc(-c2ccc(=O)[nH]n2)c1. The number of H-pyrrole nitrogens is 1. The molecular weight excluding hydrogens is 368 g/mol. The van der Waals surface area contributed by atoms with Gasteiger partial charge in [0.25, 0.3) is 11.5 Å². The fourth-order valence-corrected chi connectivity index (χ4v) is 2.46. The summed E-state index contributed by atoms with van der Waals surface area (Å²) in [6.45, 7) is -0.178. The molecule has 27 heavy (non-hydrogen) atoms. The second-order valence-electron chi connectivity index (χ2n) is 5.62. The second-order valence-corrected chi connectivity index (χ2v) is 6.06. The molecule has 3 N–H and O–H groups in total. The zero-order chi connectivity index (χ0) is 19.2. The maximum atomic E-state index is 12.1. The molecule has 3 rings (SSSR count). The van der Waals surface area contributed by atoms with E-state index in [9.17, 15) is 14.4 Å². The number of hydrogen-bond acceptors (Lipinski definition) is 4. The smallest absolute Gasteiger partial charge is 0.264 e. The summed E-state index contributed by atoms with van der Waals surface area (Å²) in [4.78, 5) is 35.2. The normalized spacial score (nSPS) is 10.3. The van der Waals surface area contributed by atoms with Crippen molar-refractivity contribution in [3.05, 3.63) is 81.6 Å². The molecule has 0 aliphatic rings. The first-order chi connectivity index (χ1) is 13.0. The van der Waals surface area contributed by atoms with Crippen LogP contribution in [-0.4, -0.2) is 28.6 Å². The Morgan fingerprint density at radius 2 is 1.81 bits per heavy atom. The zero-order valence-electron chi connectivity index (χ0n) is 14.0. The van der Waals surface area contributed by atoms with E-state index in [0.717, 1.165) is 5.56 Å². The van der Waals surface area contributed by atoms with Crippen LogP contribution in [0.3, 0.4) is 0 Å². The van der Waals surface area contributed by atoms with Gasteiger partial charge in [-0.3, -0.25) is 14.4 Å². The lowest BCUT2D eigenvalue weighted by molar-refractivity contribution is -0.115. The summed E-state index contributed by atoms with van der Waals surface area (Å²) in [6.07, 6.45) is 0. The number of amides is 2. The quantitative estimate of drug-likeness (QED) is 0.630. The molecule has 0 radical (unpaired) electrons. The Bertz CT molecular complexity index is 1010. The minimum Gasteiger partial charge on any atom is -0.343 e. The number of aromatic amines is 1. The van der Waals surface area contributed by atoms with Crippen molar-refractivity contribution >= 4 is 29.1 Å². The summed E-state index contributed by atoms with van der Waals surface area (Å²) in [5.41, 5.74) is 1.97. The van der Waals surface area contributed by atoms with Crippen molar-refractivity contribution in [1.29, 1.82) is 0 Å². The number of carbonyl (C=O) groups excluding carboxylic acids is 2. The van der Waals surface area contributed by atoms with Gasteiger partial charge in [0.1, 0.15) is 0 Å². The van der Waals surface area contributed by atoms with Crippen molar-refractivity contribution in [1.82, 2.24) is 15.5 Å². The third-order valence-corrected chi connectivity index (χ3v) is 3.89. The number of halogens is 1. The lowest BCUT2D eigenvalue weighted by Crippen LogP contribution is -2.32. The summed E-state index contributed by atoms with van der Waals surface area (Å²) < 4.78 is 0. The van der Waals surface area contributed by atoms with E-state index in [-0.39, 0.29) is 23.9 Å². The van der Waals surface area contributed by atoms with E-state index in [1.54, 1.807) is 54.6 Å². The Kier molecular flexibility index (Phi) is 5.63. The van der Waals surface area contributed by atoms with Crippen LogP contribution in [0.5, 0.6) is 0 Å². The molecule has 1 heterocycles. The van der Waals surface area contributed by atoms with Gasteiger partial charge < -0.3 is 10.6 Å². The van der Waals surface area contributed by atoms with Crippen molar-refractivity contribution in [3.63, 3.8) is 0 Å². The van der Waals surface area contributed by atoms with Crippen LogP contribution < -0.4 is 16.2 Å². The summed E-state index contributed by atoms with van der Waals surface area (Å²) in [5, 5.41) is 12.1. The first-order valence-corrected chi connectivity index (χ1v) is 8.39. The molecule has 2 amide bonds. The highest BCUT2D eigenvalue weighted by molar-refractivity contribution is 6.30. The lowest BCUT2D eigenvalue weighted by atomic mass is 10.1. The molecular formula is C19H15ClN4O3. The highest BCUT2D eigenvalue weighted by atomic mass is 35.5. The van der Waals surface area contributed by atoms with E-state index < -0.39 is 0 Å². The van der Waals surface area contributed by atoms with Gasteiger partial charge in [0.2, 0.25) is 5.91 Å². The summed E-state index contributed by atoms with van der Waals surface area (Å²) >= 11 is 5.78. The van der Waals surface area contributed by atoms with Gasteiger partial charge in [0, 0.05) is 27.9 Å². The Balaban J connectivity index is 1.60. The number of benzene rings is 2. The molecule has 2 aromatic carbocycles. The molecule has 0 aliphatic carbocycles. The number of hydrogen-bond donors (Lipinski definition) is 3. The van der Waals surface area contributed by atoms with Crippen LogP contribution in [0.15, 0.2) is 65.5 Å². The fraction of sp³-hybridized carbons (Fsp3) is 0.0526. The monoisotopic (exact) mass is 382 g/mol. The lowest BCUT2D eigenvalue weighted by Gasteiger charge is -2.08. The molecule has 0 fully saturated rings. The minimum atomic E-state index is -0.371. The first kappa shape index (κ1) is 18.3. The molecule has 1 aromatic heterocycles.